The maximum absolute atomic E-state index is 12.4. The number of aromatic amines is 1. The molecule has 2 aromatic rings. The van der Waals surface area contributed by atoms with E-state index < -0.39 is 0 Å². The van der Waals surface area contributed by atoms with Crippen molar-refractivity contribution >= 4 is 22.7 Å². The molecule has 1 aromatic heterocycles. The molecule has 0 saturated carbocycles. The normalized spacial score (nSPS) is 18.2. The monoisotopic (exact) mass is 343 g/mol. The number of primary amides is 1. The summed E-state index contributed by atoms with van der Waals surface area (Å²) in [6, 6.07) is 7.06. The van der Waals surface area contributed by atoms with Crippen LogP contribution in [0, 0.1) is 5.92 Å². The zero-order valence-electron chi connectivity index (χ0n) is 13.8. The Kier molecular flexibility index (Phi) is 5.08. The highest BCUT2D eigenvalue weighted by molar-refractivity contribution is 5.80. The molecule has 25 heavy (non-hydrogen) atoms. The fraction of sp³-hybridized carbons (Fsp3) is 0.412. The van der Waals surface area contributed by atoms with Gasteiger partial charge in [0.1, 0.15) is 5.82 Å². The van der Waals surface area contributed by atoms with Crippen LogP contribution in [0.25, 0.3) is 10.9 Å². The van der Waals surface area contributed by atoms with Gasteiger partial charge in [-0.3, -0.25) is 19.3 Å². The number of amides is 2. The summed E-state index contributed by atoms with van der Waals surface area (Å²) in [7, 11) is 0. The number of nitrogens with one attached hydrogen (secondary N) is 2. The van der Waals surface area contributed by atoms with Crippen LogP contribution in [0.2, 0.25) is 0 Å². The van der Waals surface area contributed by atoms with E-state index >= 15 is 0 Å². The molecular weight excluding hydrogens is 322 g/mol. The molecule has 0 unspecified atom stereocenters. The molecular formula is C17H21N5O3. The van der Waals surface area contributed by atoms with Gasteiger partial charge < -0.3 is 16.0 Å². The topological polar surface area (TPSA) is 121 Å². The van der Waals surface area contributed by atoms with Gasteiger partial charge in [-0.2, -0.15) is 0 Å². The summed E-state index contributed by atoms with van der Waals surface area (Å²) in [5.74, 6) is -0.272. The largest absolute Gasteiger partial charge is 0.369 e. The van der Waals surface area contributed by atoms with E-state index in [0.29, 0.717) is 23.3 Å². The summed E-state index contributed by atoms with van der Waals surface area (Å²) < 4.78 is 0. The molecule has 1 aliphatic rings. The number of nitrogens with two attached hydrogens (primary N) is 1. The van der Waals surface area contributed by atoms with Crippen molar-refractivity contribution in [3.8, 4) is 0 Å². The SMILES string of the molecule is NC(=O)CN1CCC[C@H](C(=O)NCc2nc3ccccc3c(=O)[nH]2)C1. The molecule has 0 bridgehead atoms. The van der Waals surface area contributed by atoms with Gasteiger partial charge in [0, 0.05) is 6.54 Å². The van der Waals surface area contributed by atoms with Crippen molar-refractivity contribution in [2.45, 2.75) is 19.4 Å². The fourth-order valence-electron chi connectivity index (χ4n) is 3.17. The number of para-hydroxylation sites is 1. The molecule has 3 rings (SSSR count). The highest BCUT2D eigenvalue weighted by Crippen LogP contribution is 2.16. The zero-order valence-corrected chi connectivity index (χ0v) is 13.8. The van der Waals surface area contributed by atoms with Crippen LogP contribution in [0.3, 0.4) is 0 Å². The molecule has 1 aliphatic heterocycles. The zero-order chi connectivity index (χ0) is 17.8. The standard InChI is InChI=1S/C17H21N5O3/c18-14(23)10-22-7-3-4-11(9-22)16(24)19-8-15-20-13-6-2-1-5-12(13)17(25)21-15/h1-2,5-6,11H,3-4,7-10H2,(H2,18,23)(H,19,24)(H,20,21,25)/t11-/m0/s1. The molecule has 2 amide bonds. The molecule has 0 aliphatic carbocycles. The number of fused-ring (bicyclic) bond motifs is 1. The van der Waals surface area contributed by atoms with Crippen LogP contribution >= 0.6 is 0 Å². The highest BCUT2D eigenvalue weighted by atomic mass is 16.2. The van der Waals surface area contributed by atoms with Gasteiger partial charge in [0.25, 0.3) is 5.56 Å². The van der Waals surface area contributed by atoms with Crippen LogP contribution in [0.15, 0.2) is 29.1 Å². The first kappa shape index (κ1) is 17.1. The van der Waals surface area contributed by atoms with Crippen molar-refractivity contribution in [3.63, 3.8) is 0 Å². The van der Waals surface area contributed by atoms with E-state index in [1.165, 1.54) is 0 Å². The number of nitrogens with zero attached hydrogens (tertiary/aromatic N) is 2. The molecule has 8 nitrogen and oxygen atoms in total. The quantitative estimate of drug-likeness (QED) is 0.690. The first-order valence-electron chi connectivity index (χ1n) is 8.29. The summed E-state index contributed by atoms with van der Waals surface area (Å²) in [5, 5.41) is 3.34. The second kappa shape index (κ2) is 7.43. The van der Waals surface area contributed by atoms with E-state index in [1.54, 1.807) is 18.2 Å². The number of carbonyl (C=O) groups excluding carboxylic acids is 2. The summed E-state index contributed by atoms with van der Waals surface area (Å²) in [5.41, 5.74) is 5.59. The number of H-pyrrole nitrogens is 1. The van der Waals surface area contributed by atoms with Gasteiger partial charge in [-0.15, -0.1) is 0 Å². The number of likely N-dealkylation sites (tertiary alicyclic amines) is 1. The minimum atomic E-state index is -0.390. The van der Waals surface area contributed by atoms with Crippen molar-refractivity contribution in [2.24, 2.45) is 11.7 Å². The lowest BCUT2D eigenvalue weighted by Crippen LogP contribution is -2.45. The molecule has 132 valence electrons. The van der Waals surface area contributed by atoms with Crippen molar-refractivity contribution in [1.82, 2.24) is 20.2 Å². The number of aromatic nitrogens is 2. The van der Waals surface area contributed by atoms with Crippen molar-refractivity contribution in [2.75, 3.05) is 19.6 Å². The number of rotatable bonds is 5. The van der Waals surface area contributed by atoms with Crippen LogP contribution in [0.1, 0.15) is 18.7 Å². The Balaban J connectivity index is 1.62. The first-order valence-corrected chi connectivity index (χ1v) is 8.29. The highest BCUT2D eigenvalue weighted by Gasteiger charge is 2.26. The van der Waals surface area contributed by atoms with E-state index in [1.807, 2.05) is 11.0 Å². The lowest BCUT2D eigenvalue weighted by Gasteiger charge is -2.30. The van der Waals surface area contributed by atoms with Gasteiger partial charge in [-0.25, -0.2) is 4.98 Å². The first-order chi connectivity index (χ1) is 12.0. The summed E-state index contributed by atoms with van der Waals surface area (Å²) in [6.45, 7) is 1.61. The summed E-state index contributed by atoms with van der Waals surface area (Å²) in [6.07, 6.45) is 1.61. The van der Waals surface area contributed by atoms with Gasteiger partial charge in [0.15, 0.2) is 0 Å². The Morgan fingerprint density at radius 2 is 2.16 bits per heavy atom. The maximum Gasteiger partial charge on any atom is 0.258 e. The molecule has 1 atom stereocenters. The fourth-order valence-corrected chi connectivity index (χ4v) is 3.17. The Labute approximate surface area is 144 Å². The van der Waals surface area contributed by atoms with E-state index in [-0.39, 0.29) is 36.4 Å². The maximum atomic E-state index is 12.4. The van der Waals surface area contributed by atoms with Gasteiger partial charge in [-0.1, -0.05) is 12.1 Å². The molecule has 2 heterocycles. The molecule has 4 N–H and O–H groups in total. The predicted octanol–water partition coefficient (Wildman–Crippen LogP) is -0.263. The predicted molar refractivity (Wildman–Crippen MR) is 92.6 cm³/mol. The molecule has 1 aromatic carbocycles. The summed E-state index contributed by atoms with van der Waals surface area (Å²) >= 11 is 0. The van der Waals surface area contributed by atoms with Crippen molar-refractivity contribution in [1.29, 1.82) is 0 Å². The second-order valence-corrected chi connectivity index (χ2v) is 6.29. The number of carbonyl (C=O) groups is 2. The number of hydrogen-bond donors (Lipinski definition) is 3. The smallest absolute Gasteiger partial charge is 0.258 e. The van der Waals surface area contributed by atoms with E-state index in [9.17, 15) is 14.4 Å². The van der Waals surface area contributed by atoms with Crippen LogP contribution in [-0.2, 0) is 16.1 Å². The average molecular weight is 343 g/mol. The molecule has 1 fully saturated rings. The van der Waals surface area contributed by atoms with E-state index in [4.69, 9.17) is 5.73 Å². The lowest BCUT2D eigenvalue weighted by atomic mass is 9.97. The lowest BCUT2D eigenvalue weighted by molar-refractivity contribution is -0.128. The van der Waals surface area contributed by atoms with Crippen LogP contribution in [-0.4, -0.2) is 46.3 Å². The van der Waals surface area contributed by atoms with Gasteiger partial charge in [0.2, 0.25) is 11.8 Å². The van der Waals surface area contributed by atoms with E-state index in [2.05, 4.69) is 15.3 Å². The minimum absolute atomic E-state index is 0.107. The minimum Gasteiger partial charge on any atom is -0.369 e. The van der Waals surface area contributed by atoms with E-state index in [0.717, 1.165) is 19.4 Å². The Hall–Kier alpha value is -2.74. The third kappa shape index (κ3) is 4.21. The number of benzene rings is 1. The van der Waals surface area contributed by atoms with Crippen LogP contribution < -0.4 is 16.6 Å². The molecule has 8 heteroatoms. The van der Waals surface area contributed by atoms with Crippen LogP contribution in [0.5, 0.6) is 0 Å². The third-order valence-corrected chi connectivity index (χ3v) is 4.35. The van der Waals surface area contributed by atoms with Crippen LogP contribution in [0.4, 0.5) is 0 Å². The Morgan fingerprint density at radius 1 is 1.36 bits per heavy atom. The van der Waals surface area contributed by atoms with Gasteiger partial charge >= 0.3 is 0 Å². The Morgan fingerprint density at radius 3 is 2.96 bits per heavy atom. The van der Waals surface area contributed by atoms with Crippen molar-refractivity contribution < 1.29 is 9.59 Å². The third-order valence-electron chi connectivity index (χ3n) is 4.35. The van der Waals surface area contributed by atoms with Gasteiger partial charge in [-0.05, 0) is 31.5 Å². The van der Waals surface area contributed by atoms with Gasteiger partial charge in [0.05, 0.1) is 29.9 Å². The number of piperidine rings is 1. The molecule has 0 spiro atoms. The second-order valence-electron chi connectivity index (χ2n) is 6.29. The Bertz CT molecular complexity index is 848. The molecule has 0 radical (unpaired) electrons. The summed E-state index contributed by atoms with van der Waals surface area (Å²) in [4.78, 5) is 44.4. The molecule has 1 saturated heterocycles. The van der Waals surface area contributed by atoms with Crippen molar-refractivity contribution in [3.05, 3.63) is 40.4 Å². The number of hydrogen-bond acceptors (Lipinski definition) is 5. The average Bonchev–Trinajstić information content (AvgIpc) is 2.59.